The van der Waals surface area contributed by atoms with Crippen molar-refractivity contribution >= 4 is 44.8 Å². The van der Waals surface area contributed by atoms with Crippen molar-refractivity contribution in [1.82, 2.24) is 4.98 Å². The SMILES string of the molecule is Nc1c(C(=O)Nc2ccc(C(=O)O)cc2)sc2nc3c(cc12)CCC3. The Hall–Kier alpha value is -2.93. The number of rotatable bonds is 3. The maximum absolute atomic E-state index is 12.6. The molecule has 0 atom stereocenters. The summed E-state index contributed by atoms with van der Waals surface area (Å²) in [6, 6.07) is 8.04. The topological polar surface area (TPSA) is 105 Å². The minimum atomic E-state index is -1.01. The number of amides is 1. The van der Waals surface area contributed by atoms with E-state index in [4.69, 9.17) is 10.8 Å². The maximum atomic E-state index is 12.6. The minimum Gasteiger partial charge on any atom is -0.478 e. The Morgan fingerprint density at radius 1 is 1.20 bits per heavy atom. The fourth-order valence-electron chi connectivity index (χ4n) is 3.05. The zero-order valence-corrected chi connectivity index (χ0v) is 14.0. The smallest absolute Gasteiger partial charge is 0.335 e. The van der Waals surface area contributed by atoms with Crippen LogP contribution in [0.3, 0.4) is 0 Å². The predicted octanol–water partition coefficient (Wildman–Crippen LogP) is 3.32. The van der Waals surface area contributed by atoms with Gasteiger partial charge in [-0.2, -0.15) is 0 Å². The number of fused-ring (bicyclic) bond motifs is 2. The molecule has 126 valence electrons. The molecule has 2 heterocycles. The van der Waals surface area contributed by atoms with E-state index in [1.165, 1.54) is 29.0 Å². The number of nitrogens with two attached hydrogens (primary N) is 1. The number of benzene rings is 1. The number of nitrogen functional groups attached to an aromatic ring is 1. The normalized spacial score (nSPS) is 13.0. The van der Waals surface area contributed by atoms with Crippen molar-refractivity contribution in [2.45, 2.75) is 19.3 Å². The molecule has 4 rings (SSSR count). The zero-order chi connectivity index (χ0) is 17.6. The summed E-state index contributed by atoms with van der Waals surface area (Å²) in [5.41, 5.74) is 9.63. The van der Waals surface area contributed by atoms with Crippen LogP contribution in [0.4, 0.5) is 11.4 Å². The van der Waals surface area contributed by atoms with Gasteiger partial charge in [0.1, 0.15) is 9.71 Å². The molecule has 1 aromatic carbocycles. The van der Waals surface area contributed by atoms with Crippen LogP contribution in [0.25, 0.3) is 10.2 Å². The highest BCUT2D eigenvalue weighted by Crippen LogP contribution is 2.36. The first kappa shape index (κ1) is 15.6. The summed E-state index contributed by atoms with van der Waals surface area (Å²) in [6.07, 6.45) is 3.09. The zero-order valence-electron chi connectivity index (χ0n) is 13.2. The lowest BCUT2D eigenvalue weighted by Gasteiger charge is -2.04. The number of carbonyl (C=O) groups is 2. The molecule has 0 fully saturated rings. The van der Waals surface area contributed by atoms with E-state index in [0.29, 0.717) is 16.3 Å². The van der Waals surface area contributed by atoms with Gasteiger partial charge in [-0.15, -0.1) is 11.3 Å². The van der Waals surface area contributed by atoms with Crippen LogP contribution in [-0.2, 0) is 12.8 Å². The molecule has 0 saturated carbocycles. The highest BCUT2D eigenvalue weighted by molar-refractivity contribution is 7.21. The average molecular weight is 353 g/mol. The monoisotopic (exact) mass is 353 g/mol. The number of carbonyl (C=O) groups excluding carboxylic acids is 1. The number of hydrogen-bond donors (Lipinski definition) is 3. The van der Waals surface area contributed by atoms with Gasteiger partial charge in [-0.1, -0.05) is 0 Å². The fraction of sp³-hybridized carbons (Fsp3) is 0.167. The lowest BCUT2D eigenvalue weighted by Crippen LogP contribution is -2.12. The quantitative estimate of drug-likeness (QED) is 0.670. The third-order valence-corrected chi connectivity index (χ3v) is 5.46. The van der Waals surface area contributed by atoms with Gasteiger partial charge in [0.05, 0.1) is 11.3 Å². The Morgan fingerprint density at radius 2 is 1.96 bits per heavy atom. The standard InChI is InChI=1S/C18H15N3O3S/c19-14-12-8-10-2-1-3-13(10)21-17(12)25-15(14)16(22)20-11-6-4-9(5-7-11)18(23)24/h4-8H,1-3,19H2,(H,20,22)(H,23,24). The van der Waals surface area contributed by atoms with Crippen LogP contribution in [0.15, 0.2) is 30.3 Å². The summed E-state index contributed by atoms with van der Waals surface area (Å²) in [6.45, 7) is 0. The molecule has 6 nitrogen and oxygen atoms in total. The van der Waals surface area contributed by atoms with E-state index in [-0.39, 0.29) is 11.5 Å². The third kappa shape index (κ3) is 2.72. The van der Waals surface area contributed by atoms with Crippen molar-refractivity contribution in [3.63, 3.8) is 0 Å². The molecular weight excluding hydrogens is 338 g/mol. The maximum Gasteiger partial charge on any atom is 0.335 e. The first-order valence-corrected chi connectivity index (χ1v) is 8.70. The van der Waals surface area contributed by atoms with Crippen LogP contribution in [0.1, 0.15) is 37.7 Å². The Kier molecular flexibility index (Phi) is 3.65. The molecule has 1 aliphatic rings. The summed E-state index contributed by atoms with van der Waals surface area (Å²) in [4.78, 5) is 29.3. The Balaban J connectivity index is 1.63. The number of nitrogens with one attached hydrogen (secondary N) is 1. The highest BCUT2D eigenvalue weighted by atomic mass is 32.1. The molecule has 1 amide bonds. The van der Waals surface area contributed by atoms with E-state index >= 15 is 0 Å². The second kappa shape index (κ2) is 5.86. The molecule has 0 saturated heterocycles. The van der Waals surface area contributed by atoms with Crippen molar-refractivity contribution in [3.05, 3.63) is 52.0 Å². The van der Waals surface area contributed by atoms with Crippen molar-refractivity contribution in [2.24, 2.45) is 0 Å². The number of aryl methyl sites for hydroxylation is 2. The van der Waals surface area contributed by atoms with E-state index in [2.05, 4.69) is 16.4 Å². The van der Waals surface area contributed by atoms with Crippen LogP contribution >= 0.6 is 11.3 Å². The van der Waals surface area contributed by atoms with E-state index in [0.717, 1.165) is 35.2 Å². The summed E-state index contributed by atoms with van der Waals surface area (Å²) in [5, 5.41) is 12.5. The first-order valence-electron chi connectivity index (χ1n) is 7.88. The number of nitrogens with zero attached hydrogens (tertiary/aromatic N) is 1. The summed E-state index contributed by atoms with van der Waals surface area (Å²) in [5.74, 6) is -1.32. The van der Waals surface area contributed by atoms with Gasteiger partial charge in [0.25, 0.3) is 5.91 Å². The van der Waals surface area contributed by atoms with Crippen molar-refractivity contribution < 1.29 is 14.7 Å². The second-order valence-electron chi connectivity index (χ2n) is 5.98. The first-order chi connectivity index (χ1) is 12.0. The summed E-state index contributed by atoms with van der Waals surface area (Å²) >= 11 is 1.28. The van der Waals surface area contributed by atoms with Crippen molar-refractivity contribution in [2.75, 3.05) is 11.1 Å². The van der Waals surface area contributed by atoms with Crippen LogP contribution in [0.5, 0.6) is 0 Å². The molecule has 4 N–H and O–H groups in total. The number of aromatic nitrogens is 1. The second-order valence-corrected chi connectivity index (χ2v) is 6.98. The number of thiophene rings is 1. The Bertz CT molecular complexity index is 1010. The van der Waals surface area contributed by atoms with Crippen molar-refractivity contribution in [1.29, 1.82) is 0 Å². The van der Waals surface area contributed by atoms with Gasteiger partial charge < -0.3 is 16.2 Å². The Morgan fingerprint density at radius 3 is 2.68 bits per heavy atom. The van der Waals surface area contributed by atoms with Gasteiger partial charge in [0.15, 0.2) is 0 Å². The number of pyridine rings is 1. The van der Waals surface area contributed by atoms with Gasteiger partial charge in [-0.3, -0.25) is 4.79 Å². The van der Waals surface area contributed by atoms with E-state index in [1.54, 1.807) is 12.1 Å². The highest BCUT2D eigenvalue weighted by Gasteiger charge is 2.21. The van der Waals surface area contributed by atoms with E-state index in [1.807, 2.05) is 0 Å². The Labute approximate surface area is 147 Å². The molecule has 0 radical (unpaired) electrons. The molecule has 7 heteroatoms. The van der Waals surface area contributed by atoms with Crippen molar-refractivity contribution in [3.8, 4) is 0 Å². The van der Waals surface area contributed by atoms with Gasteiger partial charge in [-0.05, 0) is 55.2 Å². The molecule has 2 aromatic heterocycles. The third-order valence-electron chi connectivity index (χ3n) is 4.35. The molecule has 0 spiro atoms. The van der Waals surface area contributed by atoms with Crippen LogP contribution in [0, 0.1) is 0 Å². The number of hydrogen-bond acceptors (Lipinski definition) is 5. The number of carboxylic acid groups (broad SMARTS) is 1. The van der Waals surface area contributed by atoms with Gasteiger partial charge in [-0.25, -0.2) is 9.78 Å². The molecule has 0 bridgehead atoms. The number of anilines is 2. The van der Waals surface area contributed by atoms with E-state index in [9.17, 15) is 9.59 Å². The van der Waals surface area contributed by atoms with Gasteiger partial charge in [0, 0.05) is 16.8 Å². The molecule has 0 unspecified atom stereocenters. The molecule has 3 aromatic rings. The molecule has 0 aliphatic heterocycles. The minimum absolute atomic E-state index is 0.165. The lowest BCUT2D eigenvalue weighted by atomic mass is 10.1. The molecule has 1 aliphatic carbocycles. The summed E-state index contributed by atoms with van der Waals surface area (Å²) < 4.78 is 0. The average Bonchev–Trinajstić information content (AvgIpc) is 3.17. The fourth-order valence-corrected chi connectivity index (χ4v) is 4.04. The van der Waals surface area contributed by atoms with Gasteiger partial charge >= 0.3 is 5.97 Å². The predicted molar refractivity (Wildman–Crippen MR) is 97.4 cm³/mol. The number of carboxylic acids is 1. The number of aromatic carboxylic acids is 1. The van der Waals surface area contributed by atoms with Crippen LogP contribution < -0.4 is 11.1 Å². The van der Waals surface area contributed by atoms with Crippen LogP contribution in [0.2, 0.25) is 0 Å². The lowest BCUT2D eigenvalue weighted by molar-refractivity contribution is 0.0696. The molecule has 25 heavy (non-hydrogen) atoms. The van der Waals surface area contributed by atoms with E-state index < -0.39 is 5.97 Å². The van der Waals surface area contributed by atoms with Crippen LogP contribution in [-0.4, -0.2) is 22.0 Å². The summed E-state index contributed by atoms with van der Waals surface area (Å²) in [7, 11) is 0. The van der Waals surface area contributed by atoms with Gasteiger partial charge in [0.2, 0.25) is 0 Å². The molecular formula is C18H15N3O3S. The largest absolute Gasteiger partial charge is 0.478 e.